The largest absolute Gasteiger partial charge is 0.438 e. The second-order valence-electron chi connectivity index (χ2n) is 5.87. The van der Waals surface area contributed by atoms with Gasteiger partial charge in [0.15, 0.2) is 0 Å². The van der Waals surface area contributed by atoms with Crippen molar-refractivity contribution in [3.05, 3.63) is 46.1 Å². The van der Waals surface area contributed by atoms with E-state index in [0.717, 1.165) is 48.1 Å². The van der Waals surface area contributed by atoms with Crippen LogP contribution in [0.3, 0.4) is 0 Å². The minimum atomic E-state index is 0.440. The number of ether oxygens (including phenoxy) is 1. The summed E-state index contributed by atoms with van der Waals surface area (Å²) in [7, 11) is 0. The number of aliphatic imine (C=N–C) groups is 1. The number of nitrogens with zero attached hydrogens (tertiary/aromatic N) is 2. The molecule has 4 nitrogen and oxygen atoms in total. The zero-order valence-corrected chi connectivity index (χ0v) is 15.0. The fourth-order valence-electron chi connectivity index (χ4n) is 2.65. The van der Waals surface area contributed by atoms with E-state index in [2.05, 4.69) is 45.7 Å². The van der Waals surface area contributed by atoms with E-state index < -0.39 is 0 Å². The topological polar surface area (TPSA) is 38.0 Å². The first-order valence-corrected chi connectivity index (χ1v) is 8.69. The van der Waals surface area contributed by atoms with Crippen LogP contribution in [0.25, 0.3) is 0 Å². The number of furan rings is 1. The lowest BCUT2D eigenvalue weighted by molar-refractivity contribution is 0.120. The van der Waals surface area contributed by atoms with Gasteiger partial charge >= 0.3 is 0 Å². The molecule has 0 atom stereocenters. The predicted molar refractivity (Wildman–Crippen MR) is 97.2 cm³/mol. The van der Waals surface area contributed by atoms with E-state index in [4.69, 9.17) is 9.15 Å². The molecule has 1 aliphatic rings. The highest BCUT2D eigenvalue weighted by Crippen LogP contribution is 2.31. The normalized spacial score (nSPS) is 15.7. The molecule has 5 heteroatoms. The van der Waals surface area contributed by atoms with Gasteiger partial charge in [-0.1, -0.05) is 32.0 Å². The van der Waals surface area contributed by atoms with Gasteiger partial charge in [-0.2, -0.15) is 0 Å². The molecule has 23 heavy (non-hydrogen) atoms. The third kappa shape index (κ3) is 3.85. The second-order valence-corrected chi connectivity index (χ2v) is 6.73. The molecule has 1 saturated heterocycles. The van der Waals surface area contributed by atoms with Gasteiger partial charge in [-0.25, -0.2) is 0 Å². The Labute approximate surface area is 145 Å². The van der Waals surface area contributed by atoms with Crippen molar-refractivity contribution < 1.29 is 9.15 Å². The van der Waals surface area contributed by atoms with Crippen molar-refractivity contribution in [2.24, 2.45) is 4.99 Å². The molecule has 1 aromatic heterocycles. The first kappa shape index (κ1) is 16.3. The first-order valence-electron chi connectivity index (χ1n) is 7.90. The van der Waals surface area contributed by atoms with Gasteiger partial charge in [0, 0.05) is 19.2 Å². The Morgan fingerprint density at radius 2 is 1.96 bits per heavy atom. The predicted octanol–water partition coefficient (Wildman–Crippen LogP) is 4.75. The van der Waals surface area contributed by atoms with Crippen LogP contribution < -0.4 is 4.90 Å². The summed E-state index contributed by atoms with van der Waals surface area (Å²) in [6.45, 7) is 7.51. The van der Waals surface area contributed by atoms with Gasteiger partial charge in [0.25, 0.3) is 0 Å². The number of hydrogen-bond acceptors (Lipinski definition) is 4. The number of halogens is 1. The van der Waals surface area contributed by atoms with E-state index in [1.165, 1.54) is 5.56 Å². The maximum atomic E-state index is 5.95. The van der Waals surface area contributed by atoms with Gasteiger partial charge in [-0.05, 0) is 33.5 Å². The SMILES string of the molecule is CC(C)c1ccccc1N=Cc1cc(Br)c(N2CCOCC2)o1. The summed E-state index contributed by atoms with van der Waals surface area (Å²) in [6.07, 6.45) is 1.79. The van der Waals surface area contributed by atoms with Crippen LogP contribution in [0.1, 0.15) is 31.1 Å². The summed E-state index contributed by atoms with van der Waals surface area (Å²) in [5.41, 5.74) is 2.23. The van der Waals surface area contributed by atoms with Gasteiger partial charge in [0.05, 0.1) is 29.6 Å². The van der Waals surface area contributed by atoms with E-state index in [-0.39, 0.29) is 0 Å². The molecule has 0 unspecified atom stereocenters. The Bertz CT molecular complexity index is 688. The number of anilines is 1. The molecular formula is C18H21BrN2O2. The highest BCUT2D eigenvalue weighted by atomic mass is 79.9. The summed E-state index contributed by atoms with van der Waals surface area (Å²) >= 11 is 3.58. The molecule has 122 valence electrons. The zero-order chi connectivity index (χ0) is 16.2. The summed E-state index contributed by atoms with van der Waals surface area (Å²) in [5, 5.41) is 0. The molecule has 0 bridgehead atoms. The zero-order valence-electron chi connectivity index (χ0n) is 13.5. The van der Waals surface area contributed by atoms with Gasteiger partial charge in [-0.15, -0.1) is 0 Å². The number of hydrogen-bond donors (Lipinski definition) is 0. The number of benzene rings is 1. The van der Waals surface area contributed by atoms with Crippen LogP contribution in [0.5, 0.6) is 0 Å². The number of para-hydroxylation sites is 1. The molecule has 1 fully saturated rings. The van der Waals surface area contributed by atoms with E-state index in [9.17, 15) is 0 Å². The molecule has 0 radical (unpaired) electrons. The fraction of sp³-hybridized carbons (Fsp3) is 0.389. The van der Waals surface area contributed by atoms with Crippen LogP contribution in [0.4, 0.5) is 11.6 Å². The molecule has 0 N–H and O–H groups in total. The lowest BCUT2D eigenvalue weighted by atomic mass is 10.0. The average Bonchev–Trinajstić information content (AvgIpc) is 2.95. The number of rotatable bonds is 4. The van der Waals surface area contributed by atoms with Gasteiger partial charge in [0.2, 0.25) is 5.88 Å². The molecule has 0 saturated carbocycles. The minimum absolute atomic E-state index is 0.440. The van der Waals surface area contributed by atoms with E-state index >= 15 is 0 Å². The van der Waals surface area contributed by atoms with Crippen LogP contribution in [0.15, 0.2) is 44.2 Å². The van der Waals surface area contributed by atoms with Crippen molar-refractivity contribution >= 4 is 33.7 Å². The van der Waals surface area contributed by atoms with Gasteiger partial charge in [-0.3, -0.25) is 4.99 Å². The first-order chi connectivity index (χ1) is 11.1. The third-order valence-electron chi connectivity index (χ3n) is 3.88. The monoisotopic (exact) mass is 376 g/mol. The number of morpholine rings is 1. The second kappa shape index (κ2) is 7.32. The quantitative estimate of drug-likeness (QED) is 0.722. The fourth-order valence-corrected chi connectivity index (χ4v) is 3.21. The Morgan fingerprint density at radius 3 is 2.70 bits per heavy atom. The van der Waals surface area contributed by atoms with Crippen LogP contribution in [-0.4, -0.2) is 32.5 Å². The highest BCUT2D eigenvalue weighted by Gasteiger charge is 2.18. The molecular weight excluding hydrogens is 356 g/mol. The molecule has 0 aliphatic carbocycles. The standard InChI is InChI=1S/C18H21BrN2O2/c1-13(2)15-5-3-4-6-17(15)20-12-14-11-16(19)18(23-14)21-7-9-22-10-8-21/h3-6,11-13H,7-10H2,1-2H3. The molecule has 1 aromatic carbocycles. The van der Waals surface area contributed by atoms with Crippen molar-refractivity contribution in [2.45, 2.75) is 19.8 Å². The van der Waals surface area contributed by atoms with Crippen molar-refractivity contribution in [1.82, 2.24) is 0 Å². The van der Waals surface area contributed by atoms with Crippen LogP contribution in [0.2, 0.25) is 0 Å². The van der Waals surface area contributed by atoms with Crippen molar-refractivity contribution in [1.29, 1.82) is 0 Å². The molecule has 0 spiro atoms. The van der Waals surface area contributed by atoms with Crippen molar-refractivity contribution in [2.75, 3.05) is 31.2 Å². The Hall–Kier alpha value is -1.59. The maximum Gasteiger partial charge on any atom is 0.210 e. The van der Waals surface area contributed by atoms with Crippen molar-refractivity contribution in [3.63, 3.8) is 0 Å². The molecule has 3 rings (SSSR count). The molecule has 2 aromatic rings. The average molecular weight is 377 g/mol. The summed E-state index contributed by atoms with van der Waals surface area (Å²) in [4.78, 5) is 6.80. The van der Waals surface area contributed by atoms with Crippen molar-refractivity contribution in [3.8, 4) is 0 Å². The van der Waals surface area contributed by atoms with Gasteiger partial charge < -0.3 is 14.1 Å². The smallest absolute Gasteiger partial charge is 0.210 e. The third-order valence-corrected chi connectivity index (χ3v) is 4.44. The minimum Gasteiger partial charge on any atom is -0.438 e. The Morgan fingerprint density at radius 1 is 1.22 bits per heavy atom. The summed E-state index contributed by atoms with van der Waals surface area (Å²) in [5.74, 6) is 2.04. The summed E-state index contributed by atoms with van der Waals surface area (Å²) in [6, 6.07) is 10.2. The van der Waals surface area contributed by atoms with Crippen LogP contribution in [-0.2, 0) is 4.74 Å². The molecule has 1 aliphatic heterocycles. The molecule has 0 amide bonds. The lowest BCUT2D eigenvalue weighted by Gasteiger charge is -2.26. The van der Waals surface area contributed by atoms with E-state index in [1.54, 1.807) is 6.21 Å². The van der Waals surface area contributed by atoms with Gasteiger partial charge in [0.1, 0.15) is 5.76 Å². The Kier molecular flexibility index (Phi) is 5.18. The summed E-state index contributed by atoms with van der Waals surface area (Å²) < 4.78 is 12.3. The van der Waals surface area contributed by atoms with Crippen LogP contribution in [0, 0.1) is 0 Å². The Balaban J connectivity index is 1.81. The highest BCUT2D eigenvalue weighted by molar-refractivity contribution is 9.10. The molecule has 2 heterocycles. The maximum absolute atomic E-state index is 5.95. The van der Waals surface area contributed by atoms with E-state index in [1.807, 2.05) is 24.3 Å². The lowest BCUT2D eigenvalue weighted by Crippen LogP contribution is -2.36. The van der Waals surface area contributed by atoms with E-state index in [0.29, 0.717) is 5.92 Å². The van der Waals surface area contributed by atoms with Crippen LogP contribution >= 0.6 is 15.9 Å².